The molecule has 0 spiro atoms. The molecule has 0 unspecified atom stereocenters. The van der Waals surface area contributed by atoms with Crippen molar-refractivity contribution in [3.05, 3.63) is 75.4 Å². The molecule has 0 aliphatic carbocycles. The van der Waals surface area contributed by atoms with E-state index in [4.69, 9.17) is 0 Å². The number of nitrogens with zero attached hydrogens (tertiary/aromatic N) is 1. The summed E-state index contributed by atoms with van der Waals surface area (Å²) in [6, 6.07) is 15.0. The molecular weight excluding hydrogens is 404 g/mol. The average Bonchev–Trinajstić information content (AvgIpc) is 2.69. The summed E-state index contributed by atoms with van der Waals surface area (Å²) in [6.45, 7) is 3.44. The quantitative estimate of drug-likeness (QED) is 0.729. The second-order valence-corrected chi connectivity index (χ2v) is 7.70. The number of rotatable bonds is 4. The highest BCUT2D eigenvalue weighted by Crippen LogP contribution is 2.16. The van der Waals surface area contributed by atoms with Crippen LogP contribution in [0.2, 0.25) is 0 Å². The lowest BCUT2D eigenvalue weighted by molar-refractivity contribution is -0.128. The first-order valence-corrected chi connectivity index (χ1v) is 9.97. The summed E-state index contributed by atoms with van der Waals surface area (Å²) in [4.78, 5) is 27.5. The van der Waals surface area contributed by atoms with Gasteiger partial charge in [-0.25, -0.2) is 0 Å². The maximum Gasteiger partial charge on any atom is 0.270 e. The Morgan fingerprint density at radius 1 is 0.963 bits per heavy atom. The van der Waals surface area contributed by atoms with Crippen LogP contribution in [0, 0.1) is 6.92 Å². The molecule has 0 atom stereocenters. The maximum atomic E-state index is 13.0. The first kappa shape index (κ1) is 19.4. The van der Waals surface area contributed by atoms with E-state index in [1.54, 1.807) is 18.2 Å². The van der Waals surface area contributed by atoms with Crippen LogP contribution < -0.4 is 5.32 Å². The molecule has 0 radical (unpaired) electrons. The number of carbonyl (C=O) groups is 2. The molecule has 27 heavy (non-hydrogen) atoms. The summed E-state index contributed by atoms with van der Waals surface area (Å²) >= 11 is 3.41. The summed E-state index contributed by atoms with van der Waals surface area (Å²) in [6.07, 6.45) is 4.90. The van der Waals surface area contributed by atoms with Crippen LogP contribution in [-0.4, -0.2) is 29.8 Å². The largest absolute Gasteiger partial charge is 0.337 e. The number of likely N-dealkylation sites (tertiary alicyclic amines) is 1. The molecular formula is C22H23BrN2O2. The van der Waals surface area contributed by atoms with Crippen LogP contribution in [0.3, 0.4) is 0 Å². The smallest absolute Gasteiger partial charge is 0.270 e. The minimum absolute atomic E-state index is 0.127. The van der Waals surface area contributed by atoms with Gasteiger partial charge in [-0.1, -0.05) is 45.8 Å². The highest BCUT2D eigenvalue weighted by molar-refractivity contribution is 9.10. The van der Waals surface area contributed by atoms with E-state index in [9.17, 15) is 9.59 Å². The van der Waals surface area contributed by atoms with E-state index in [0.717, 1.165) is 48.0 Å². The Kier molecular flexibility index (Phi) is 6.45. The van der Waals surface area contributed by atoms with Gasteiger partial charge in [-0.15, -0.1) is 0 Å². The Bertz CT molecular complexity index is 836. The monoisotopic (exact) mass is 426 g/mol. The molecule has 1 saturated heterocycles. The zero-order valence-corrected chi connectivity index (χ0v) is 17.0. The van der Waals surface area contributed by atoms with Crippen molar-refractivity contribution in [2.75, 3.05) is 13.1 Å². The number of amides is 2. The summed E-state index contributed by atoms with van der Waals surface area (Å²) in [5.74, 6) is -0.401. The molecule has 2 aromatic carbocycles. The van der Waals surface area contributed by atoms with Gasteiger partial charge in [0.05, 0.1) is 0 Å². The molecule has 2 aromatic rings. The van der Waals surface area contributed by atoms with E-state index in [0.29, 0.717) is 11.3 Å². The molecule has 0 aromatic heterocycles. The summed E-state index contributed by atoms with van der Waals surface area (Å²) in [5.41, 5.74) is 2.79. The topological polar surface area (TPSA) is 49.4 Å². The lowest BCUT2D eigenvalue weighted by atomic mass is 10.1. The third-order valence-corrected chi connectivity index (χ3v) is 5.15. The summed E-state index contributed by atoms with van der Waals surface area (Å²) in [7, 11) is 0. The molecule has 1 aliphatic heterocycles. The SMILES string of the molecule is Cc1ccc(C(=O)N/C(=C/c2ccc(Br)cc2)C(=O)N2CCCCC2)cc1. The minimum atomic E-state index is -0.274. The van der Waals surface area contributed by atoms with Crippen LogP contribution in [0.25, 0.3) is 6.08 Å². The predicted molar refractivity (Wildman–Crippen MR) is 111 cm³/mol. The molecule has 0 saturated carbocycles. The number of benzene rings is 2. The van der Waals surface area contributed by atoms with Gasteiger partial charge in [-0.05, 0) is 62.1 Å². The fraction of sp³-hybridized carbons (Fsp3) is 0.273. The van der Waals surface area contributed by atoms with E-state index < -0.39 is 0 Å². The van der Waals surface area contributed by atoms with E-state index in [2.05, 4.69) is 21.2 Å². The molecule has 3 rings (SSSR count). The first-order valence-electron chi connectivity index (χ1n) is 9.17. The number of piperidine rings is 1. The Hall–Kier alpha value is -2.40. The van der Waals surface area contributed by atoms with Crippen molar-refractivity contribution in [3.63, 3.8) is 0 Å². The second-order valence-electron chi connectivity index (χ2n) is 6.78. The van der Waals surface area contributed by atoms with Gasteiger partial charge >= 0.3 is 0 Å². The fourth-order valence-electron chi connectivity index (χ4n) is 3.04. The van der Waals surface area contributed by atoms with Crippen LogP contribution in [0.4, 0.5) is 0 Å². The molecule has 2 amide bonds. The summed E-state index contributed by atoms with van der Waals surface area (Å²) in [5, 5.41) is 2.83. The fourth-order valence-corrected chi connectivity index (χ4v) is 3.31. The van der Waals surface area contributed by atoms with Crippen LogP contribution in [0.1, 0.15) is 40.7 Å². The number of hydrogen-bond donors (Lipinski definition) is 1. The Morgan fingerprint density at radius 3 is 2.22 bits per heavy atom. The van der Waals surface area contributed by atoms with Gasteiger partial charge in [0.25, 0.3) is 11.8 Å². The van der Waals surface area contributed by atoms with Crippen LogP contribution in [0.5, 0.6) is 0 Å². The number of halogens is 1. The van der Waals surface area contributed by atoms with Crippen molar-refractivity contribution in [3.8, 4) is 0 Å². The minimum Gasteiger partial charge on any atom is -0.337 e. The Morgan fingerprint density at radius 2 is 1.59 bits per heavy atom. The average molecular weight is 427 g/mol. The molecule has 4 nitrogen and oxygen atoms in total. The van der Waals surface area contributed by atoms with Crippen LogP contribution in [-0.2, 0) is 4.79 Å². The molecule has 1 N–H and O–H groups in total. The Labute approximate surface area is 168 Å². The van der Waals surface area contributed by atoms with E-state index in [-0.39, 0.29) is 11.8 Å². The highest BCUT2D eigenvalue weighted by Gasteiger charge is 2.22. The number of aryl methyl sites for hydroxylation is 1. The number of nitrogens with one attached hydrogen (secondary N) is 1. The number of hydrogen-bond acceptors (Lipinski definition) is 2. The van der Waals surface area contributed by atoms with Crippen molar-refractivity contribution < 1.29 is 9.59 Å². The van der Waals surface area contributed by atoms with Crippen molar-refractivity contribution in [1.29, 1.82) is 0 Å². The third kappa shape index (κ3) is 5.30. The molecule has 1 aliphatic rings. The molecule has 1 heterocycles. The van der Waals surface area contributed by atoms with Gasteiger partial charge in [-0.2, -0.15) is 0 Å². The number of carbonyl (C=O) groups excluding carboxylic acids is 2. The Balaban J connectivity index is 1.86. The van der Waals surface area contributed by atoms with Gasteiger partial charge in [0.1, 0.15) is 5.70 Å². The molecule has 140 valence electrons. The van der Waals surface area contributed by atoms with E-state index in [1.807, 2.05) is 48.2 Å². The predicted octanol–water partition coefficient (Wildman–Crippen LogP) is 4.54. The van der Waals surface area contributed by atoms with E-state index >= 15 is 0 Å². The standard InChI is InChI=1S/C22H23BrN2O2/c1-16-5-9-18(10-6-16)21(26)24-20(15-17-7-11-19(23)12-8-17)22(27)25-13-3-2-4-14-25/h5-12,15H,2-4,13-14H2,1H3,(H,24,26)/b20-15+. The van der Waals surface area contributed by atoms with Gasteiger partial charge in [-0.3, -0.25) is 9.59 Å². The van der Waals surface area contributed by atoms with Crippen molar-refractivity contribution in [2.45, 2.75) is 26.2 Å². The normalized spacial score (nSPS) is 14.7. The van der Waals surface area contributed by atoms with Gasteiger partial charge < -0.3 is 10.2 Å². The molecule has 5 heteroatoms. The molecule has 1 fully saturated rings. The third-order valence-electron chi connectivity index (χ3n) is 4.62. The maximum absolute atomic E-state index is 13.0. The first-order chi connectivity index (χ1) is 13.0. The van der Waals surface area contributed by atoms with Crippen molar-refractivity contribution in [1.82, 2.24) is 10.2 Å². The lowest BCUT2D eigenvalue weighted by Crippen LogP contribution is -2.41. The van der Waals surface area contributed by atoms with Crippen molar-refractivity contribution in [2.24, 2.45) is 0 Å². The highest BCUT2D eigenvalue weighted by atomic mass is 79.9. The molecule has 0 bridgehead atoms. The van der Waals surface area contributed by atoms with Gasteiger partial charge in [0, 0.05) is 23.1 Å². The van der Waals surface area contributed by atoms with E-state index in [1.165, 1.54) is 0 Å². The van der Waals surface area contributed by atoms with Gasteiger partial charge in [0.15, 0.2) is 0 Å². The zero-order valence-electron chi connectivity index (χ0n) is 15.4. The van der Waals surface area contributed by atoms with Gasteiger partial charge in [0.2, 0.25) is 0 Å². The second kappa shape index (κ2) is 9.00. The van der Waals surface area contributed by atoms with Crippen LogP contribution >= 0.6 is 15.9 Å². The zero-order chi connectivity index (χ0) is 19.2. The van der Waals surface area contributed by atoms with Crippen LogP contribution in [0.15, 0.2) is 58.7 Å². The summed E-state index contributed by atoms with van der Waals surface area (Å²) < 4.78 is 0.965. The van der Waals surface area contributed by atoms with Crippen molar-refractivity contribution >= 4 is 33.8 Å². The lowest BCUT2D eigenvalue weighted by Gasteiger charge is -2.27.